The number of nitrogens with zero attached hydrogens (tertiary/aromatic N) is 2. The van der Waals surface area contributed by atoms with Gasteiger partial charge < -0.3 is 14.9 Å². The number of hydrogen-bond donors (Lipinski definition) is 2. The lowest BCUT2D eigenvalue weighted by Crippen LogP contribution is -2.25. The molecule has 4 aromatic rings. The molecule has 0 radical (unpaired) electrons. The molecule has 0 aliphatic rings. The molecule has 0 bridgehead atoms. The van der Waals surface area contributed by atoms with Crippen LogP contribution in [-0.2, 0) is 13.5 Å². The predicted octanol–water partition coefficient (Wildman–Crippen LogP) is 5.24. The Morgan fingerprint density at radius 1 is 1.07 bits per heavy atom. The molecule has 1 atom stereocenters. The van der Waals surface area contributed by atoms with Crippen molar-refractivity contribution in [2.75, 3.05) is 6.54 Å². The number of rotatable bonds is 8. The molecule has 0 amide bonds. The maximum absolute atomic E-state index is 4.92. The van der Waals surface area contributed by atoms with Gasteiger partial charge in [-0.3, -0.25) is 0 Å². The Morgan fingerprint density at radius 2 is 1.86 bits per heavy atom. The lowest BCUT2D eigenvalue weighted by Gasteiger charge is -2.16. The van der Waals surface area contributed by atoms with E-state index in [0.717, 1.165) is 36.5 Å². The van der Waals surface area contributed by atoms with Gasteiger partial charge in [-0.2, -0.15) is 0 Å². The maximum Gasteiger partial charge on any atom is 0.124 e. The zero-order valence-corrected chi connectivity index (χ0v) is 16.7. The van der Waals surface area contributed by atoms with Crippen LogP contribution in [0.25, 0.3) is 22.2 Å². The molecule has 0 spiro atoms. The summed E-state index contributed by atoms with van der Waals surface area (Å²) < 4.78 is 2.21. The largest absolute Gasteiger partial charge is 0.350 e. The second-order valence-corrected chi connectivity index (χ2v) is 7.38. The summed E-state index contributed by atoms with van der Waals surface area (Å²) in [4.78, 5) is 8.34. The Labute approximate surface area is 166 Å². The van der Waals surface area contributed by atoms with Gasteiger partial charge in [-0.1, -0.05) is 61.9 Å². The molecule has 2 aromatic carbocycles. The summed E-state index contributed by atoms with van der Waals surface area (Å²) in [6.45, 7) is 3.22. The van der Waals surface area contributed by atoms with E-state index >= 15 is 0 Å². The highest BCUT2D eigenvalue weighted by Gasteiger charge is 2.18. The van der Waals surface area contributed by atoms with Crippen molar-refractivity contribution in [1.82, 2.24) is 19.9 Å². The number of imidazole rings is 1. The highest BCUT2D eigenvalue weighted by Crippen LogP contribution is 2.26. The van der Waals surface area contributed by atoms with Gasteiger partial charge in [0.2, 0.25) is 0 Å². The first-order chi connectivity index (χ1) is 13.8. The number of fused-ring (bicyclic) bond motifs is 1. The van der Waals surface area contributed by atoms with Crippen LogP contribution >= 0.6 is 0 Å². The summed E-state index contributed by atoms with van der Waals surface area (Å²) >= 11 is 0. The zero-order valence-electron chi connectivity index (χ0n) is 16.7. The minimum absolute atomic E-state index is 0.162. The van der Waals surface area contributed by atoms with Gasteiger partial charge in [0.25, 0.3) is 0 Å². The van der Waals surface area contributed by atoms with E-state index < -0.39 is 0 Å². The van der Waals surface area contributed by atoms with Gasteiger partial charge in [-0.05, 0) is 31.0 Å². The molecular formula is C24H28N4. The lowest BCUT2D eigenvalue weighted by molar-refractivity contribution is 0.500. The molecule has 0 fully saturated rings. The van der Waals surface area contributed by atoms with E-state index in [-0.39, 0.29) is 6.04 Å². The number of aromatic nitrogens is 3. The van der Waals surface area contributed by atoms with Crippen LogP contribution in [0.5, 0.6) is 0 Å². The SMILES string of the molecule is CCCCNC(Cc1cn(C)c2ccccc12)c1nc(-c2ccccc2)c[nH]1. The fourth-order valence-corrected chi connectivity index (χ4v) is 3.80. The van der Waals surface area contributed by atoms with Crippen molar-refractivity contribution >= 4 is 10.9 Å². The van der Waals surface area contributed by atoms with Crippen LogP contribution in [-0.4, -0.2) is 21.1 Å². The van der Waals surface area contributed by atoms with Crippen LogP contribution in [0.4, 0.5) is 0 Å². The van der Waals surface area contributed by atoms with Crippen LogP contribution in [0.15, 0.2) is 67.0 Å². The van der Waals surface area contributed by atoms with E-state index in [9.17, 15) is 0 Å². The molecular weight excluding hydrogens is 344 g/mol. The molecule has 1 unspecified atom stereocenters. The Hall–Kier alpha value is -2.85. The third-order valence-electron chi connectivity index (χ3n) is 5.32. The molecule has 144 valence electrons. The monoisotopic (exact) mass is 372 g/mol. The van der Waals surface area contributed by atoms with E-state index in [1.807, 2.05) is 12.3 Å². The zero-order chi connectivity index (χ0) is 19.3. The molecule has 0 aliphatic heterocycles. The highest BCUT2D eigenvalue weighted by molar-refractivity contribution is 5.84. The Bertz CT molecular complexity index is 1030. The van der Waals surface area contributed by atoms with E-state index in [2.05, 4.69) is 83.6 Å². The number of benzene rings is 2. The number of H-pyrrole nitrogens is 1. The Kier molecular flexibility index (Phi) is 5.58. The van der Waals surface area contributed by atoms with Gasteiger partial charge in [0.15, 0.2) is 0 Å². The molecule has 2 heterocycles. The number of para-hydroxylation sites is 1. The molecule has 0 saturated heterocycles. The normalized spacial score (nSPS) is 12.5. The Balaban J connectivity index is 1.63. The first kappa shape index (κ1) is 18.5. The van der Waals surface area contributed by atoms with Crippen molar-refractivity contribution in [3.63, 3.8) is 0 Å². The minimum atomic E-state index is 0.162. The van der Waals surface area contributed by atoms with Gasteiger partial charge >= 0.3 is 0 Å². The molecule has 4 rings (SSSR count). The van der Waals surface area contributed by atoms with E-state index in [1.165, 1.54) is 22.9 Å². The molecule has 4 heteroatoms. The number of unbranched alkanes of at least 4 members (excludes halogenated alkanes) is 1. The van der Waals surface area contributed by atoms with Gasteiger partial charge in [-0.15, -0.1) is 0 Å². The average Bonchev–Trinajstić information content (AvgIpc) is 3.34. The topological polar surface area (TPSA) is 45.6 Å². The second kappa shape index (κ2) is 8.44. The highest BCUT2D eigenvalue weighted by atomic mass is 15.0. The molecule has 0 saturated carbocycles. The lowest BCUT2D eigenvalue weighted by atomic mass is 10.0. The summed E-state index contributed by atoms with van der Waals surface area (Å²) in [7, 11) is 2.12. The molecule has 28 heavy (non-hydrogen) atoms. The molecule has 0 aliphatic carbocycles. The fraction of sp³-hybridized carbons (Fsp3) is 0.292. The van der Waals surface area contributed by atoms with Gasteiger partial charge in [-0.25, -0.2) is 4.98 Å². The summed E-state index contributed by atoms with van der Waals surface area (Å²) in [5, 5.41) is 5.04. The Morgan fingerprint density at radius 3 is 2.68 bits per heavy atom. The third kappa shape index (κ3) is 3.87. The smallest absolute Gasteiger partial charge is 0.124 e. The average molecular weight is 373 g/mol. The van der Waals surface area contributed by atoms with Crippen molar-refractivity contribution < 1.29 is 0 Å². The number of hydrogen-bond acceptors (Lipinski definition) is 2. The van der Waals surface area contributed by atoms with Crippen LogP contribution in [0.3, 0.4) is 0 Å². The van der Waals surface area contributed by atoms with E-state index in [0.29, 0.717) is 0 Å². The van der Waals surface area contributed by atoms with Crippen LogP contribution in [0.1, 0.15) is 37.2 Å². The standard InChI is InChI=1S/C24H28N4/c1-3-4-14-25-21(15-19-17-28(2)23-13-9-8-12-20(19)23)24-26-16-22(27-24)18-10-6-5-7-11-18/h5-13,16-17,21,25H,3-4,14-15H2,1-2H3,(H,26,27). The van der Waals surface area contributed by atoms with Crippen molar-refractivity contribution in [3.05, 3.63) is 78.4 Å². The molecule has 2 N–H and O–H groups in total. The number of nitrogens with one attached hydrogen (secondary N) is 2. The van der Waals surface area contributed by atoms with Gasteiger partial charge in [0.1, 0.15) is 5.82 Å². The predicted molar refractivity (Wildman–Crippen MR) is 116 cm³/mol. The van der Waals surface area contributed by atoms with Gasteiger partial charge in [0, 0.05) is 35.9 Å². The van der Waals surface area contributed by atoms with Crippen LogP contribution < -0.4 is 5.32 Å². The van der Waals surface area contributed by atoms with Crippen molar-refractivity contribution in [2.24, 2.45) is 7.05 Å². The molecule has 2 aromatic heterocycles. The summed E-state index contributed by atoms with van der Waals surface area (Å²) in [6, 6.07) is 19.1. The summed E-state index contributed by atoms with van der Waals surface area (Å²) in [5.74, 6) is 1.00. The van der Waals surface area contributed by atoms with Crippen molar-refractivity contribution in [2.45, 2.75) is 32.2 Å². The van der Waals surface area contributed by atoms with Gasteiger partial charge in [0.05, 0.1) is 11.7 Å². The number of aryl methyl sites for hydroxylation is 1. The van der Waals surface area contributed by atoms with Crippen LogP contribution in [0.2, 0.25) is 0 Å². The summed E-state index contributed by atoms with van der Waals surface area (Å²) in [5.41, 5.74) is 4.76. The quantitative estimate of drug-likeness (QED) is 0.415. The van der Waals surface area contributed by atoms with Crippen molar-refractivity contribution in [1.29, 1.82) is 0 Å². The molecule has 4 nitrogen and oxygen atoms in total. The third-order valence-corrected chi connectivity index (χ3v) is 5.32. The first-order valence-corrected chi connectivity index (χ1v) is 10.1. The van der Waals surface area contributed by atoms with E-state index in [1.54, 1.807) is 0 Å². The fourth-order valence-electron chi connectivity index (χ4n) is 3.80. The van der Waals surface area contributed by atoms with Crippen LogP contribution in [0, 0.1) is 0 Å². The maximum atomic E-state index is 4.92. The number of aromatic amines is 1. The van der Waals surface area contributed by atoms with E-state index in [4.69, 9.17) is 4.98 Å². The first-order valence-electron chi connectivity index (χ1n) is 10.1. The van der Waals surface area contributed by atoms with Crippen molar-refractivity contribution in [3.8, 4) is 11.3 Å². The minimum Gasteiger partial charge on any atom is -0.350 e. The second-order valence-electron chi connectivity index (χ2n) is 7.38. The summed E-state index contributed by atoms with van der Waals surface area (Å²) in [6.07, 6.45) is 7.52.